The van der Waals surface area contributed by atoms with Crippen molar-refractivity contribution >= 4 is 6.29 Å². The Morgan fingerprint density at radius 3 is 2.58 bits per heavy atom. The van der Waals surface area contributed by atoms with Crippen molar-refractivity contribution in [2.24, 2.45) is 0 Å². The van der Waals surface area contributed by atoms with Crippen molar-refractivity contribution in [3.8, 4) is 5.88 Å². The van der Waals surface area contributed by atoms with Crippen LogP contribution in [-0.2, 0) is 0 Å². The summed E-state index contributed by atoms with van der Waals surface area (Å²) in [5, 5.41) is 0. The molecule has 0 aliphatic rings. The molecule has 0 unspecified atom stereocenters. The molecule has 12 heavy (non-hydrogen) atoms. The Labute approximate surface area is 70.6 Å². The van der Waals surface area contributed by atoms with Gasteiger partial charge in [-0.1, -0.05) is 0 Å². The molecule has 0 N–H and O–H groups in total. The summed E-state index contributed by atoms with van der Waals surface area (Å²) in [7, 11) is 0. The number of aldehydes is 1. The van der Waals surface area contributed by atoms with E-state index < -0.39 is 0 Å². The topological polar surface area (TPSA) is 52.1 Å². The van der Waals surface area contributed by atoms with Gasteiger partial charge in [0, 0.05) is 0 Å². The third kappa shape index (κ3) is 2.30. The minimum atomic E-state index is 0.0707. The van der Waals surface area contributed by atoms with Crippen LogP contribution in [-0.4, -0.2) is 22.4 Å². The Bertz CT molecular complexity index is 256. The number of ether oxygens (including phenoxy) is 1. The molecule has 0 atom stereocenters. The van der Waals surface area contributed by atoms with E-state index in [4.69, 9.17) is 4.74 Å². The standard InChI is InChI=1S/C8H10N2O2/c1-6(2)12-8-4-9-7(5-11)3-10-8/h3-6H,1-2H3. The first-order valence-electron chi connectivity index (χ1n) is 3.66. The molecule has 0 saturated carbocycles. The molecule has 0 saturated heterocycles. The molecule has 0 radical (unpaired) electrons. The quantitative estimate of drug-likeness (QED) is 0.630. The summed E-state index contributed by atoms with van der Waals surface area (Å²) in [4.78, 5) is 17.9. The largest absolute Gasteiger partial charge is 0.474 e. The molecule has 0 fully saturated rings. The fourth-order valence-electron chi connectivity index (χ4n) is 0.689. The summed E-state index contributed by atoms with van der Waals surface area (Å²) < 4.78 is 5.22. The van der Waals surface area contributed by atoms with Gasteiger partial charge < -0.3 is 4.74 Å². The maximum atomic E-state index is 10.2. The summed E-state index contributed by atoms with van der Waals surface area (Å²) in [6, 6.07) is 0. The second kappa shape index (κ2) is 3.80. The van der Waals surface area contributed by atoms with E-state index in [1.54, 1.807) is 0 Å². The van der Waals surface area contributed by atoms with Crippen molar-refractivity contribution in [2.75, 3.05) is 0 Å². The van der Waals surface area contributed by atoms with Gasteiger partial charge in [-0.05, 0) is 13.8 Å². The van der Waals surface area contributed by atoms with Crippen LogP contribution in [0.3, 0.4) is 0 Å². The zero-order valence-electron chi connectivity index (χ0n) is 7.02. The van der Waals surface area contributed by atoms with E-state index >= 15 is 0 Å². The second-order valence-electron chi connectivity index (χ2n) is 2.56. The fourth-order valence-corrected chi connectivity index (χ4v) is 0.689. The second-order valence-corrected chi connectivity index (χ2v) is 2.56. The van der Waals surface area contributed by atoms with Gasteiger partial charge in [0.15, 0.2) is 6.29 Å². The van der Waals surface area contributed by atoms with Crippen molar-refractivity contribution in [3.05, 3.63) is 18.1 Å². The van der Waals surface area contributed by atoms with Crippen molar-refractivity contribution in [1.29, 1.82) is 0 Å². The highest BCUT2D eigenvalue weighted by atomic mass is 16.5. The predicted molar refractivity (Wildman–Crippen MR) is 43.2 cm³/mol. The SMILES string of the molecule is CC(C)Oc1cnc(C=O)cn1. The third-order valence-electron chi connectivity index (χ3n) is 1.13. The van der Waals surface area contributed by atoms with Crippen molar-refractivity contribution in [3.63, 3.8) is 0 Å². The first-order valence-corrected chi connectivity index (χ1v) is 3.66. The average molecular weight is 166 g/mol. The molecule has 1 rings (SSSR count). The molecule has 0 amide bonds. The summed E-state index contributed by atoms with van der Waals surface area (Å²) >= 11 is 0. The van der Waals surface area contributed by atoms with E-state index in [0.29, 0.717) is 17.9 Å². The lowest BCUT2D eigenvalue weighted by atomic mass is 10.5. The number of rotatable bonds is 3. The van der Waals surface area contributed by atoms with Crippen molar-refractivity contribution in [2.45, 2.75) is 20.0 Å². The number of hydrogen-bond donors (Lipinski definition) is 0. The van der Waals surface area contributed by atoms with Crippen LogP contribution in [0.25, 0.3) is 0 Å². The van der Waals surface area contributed by atoms with E-state index in [9.17, 15) is 4.79 Å². The van der Waals surface area contributed by atoms with Crippen LogP contribution < -0.4 is 4.74 Å². The number of nitrogens with zero attached hydrogens (tertiary/aromatic N) is 2. The van der Waals surface area contributed by atoms with Gasteiger partial charge in [0.25, 0.3) is 0 Å². The monoisotopic (exact) mass is 166 g/mol. The molecule has 64 valence electrons. The molecule has 0 spiro atoms. The highest BCUT2D eigenvalue weighted by Crippen LogP contribution is 2.04. The lowest BCUT2D eigenvalue weighted by Gasteiger charge is -2.06. The zero-order valence-corrected chi connectivity index (χ0v) is 7.02. The molecule has 0 aromatic carbocycles. The fraction of sp³-hybridized carbons (Fsp3) is 0.375. The first-order chi connectivity index (χ1) is 5.72. The summed E-state index contributed by atoms with van der Waals surface area (Å²) in [5.74, 6) is 0.440. The maximum Gasteiger partial charge on any atom is 0.232 e. The average Bonchev–Trinajstić information content (AvgIpc) is 2.05. The van der Waals surface area contributed by atoms with Gasteiger partial charge in [-0.3, -0.25) is 4.79 Å². The highest BCUT2D eigenvalue weighted by molar-refractivity contribution is 5.70. The molecular weight excluding hydrogens is 156 g/mol. The Kier molecular flexibility index (Phi) is 2.74. The molecule has 0 bridgehead atoms. The van der Waals surface area contributed by atoms with E-state index in [1.807, 2.05) is 13.8 Å². The van der Waals surface area contributed by atoms with Gasteiger partial charge in [0.05, 0.1) is 18.5 Å². The van der Waals surface area contributed by atoms with E-state index in [1.165, 1.54) is 12.4 Å². The van der Waals surface area contributed by atoms with Crippen LogP contribution in [0.15, 0.2) is 12.4 Å². The minimum Gasteiger partial charge on any atom is -0.474 e. The van der Waals surface area contributed by atoms with Crippen LogP contribution in [0.5, 0.6) is 5.88 Å². The lowest BCUT2D eigenvalue weighted by molar-refractivity contribution is 0.111. The minimum absolute atomic E-state index is 0.0707. The molecule has 0 aliphatic carbocycles. The van der Waals surface area contributed by atoms with Gasteiger partial charge in [0.1, 0.15) is 5.69 Å². The Balaban J connectivity index is 2.71. The van der Waals surface area contributed by atoms with Gasteiger partial charge in [0.2, 0.25) is 5.88 Å². The molecule has 1 aromatic rings. The molecule has 0 aliphatic heterocycles. The molecular formula is C8H10N2O2. The van der Waals surface area contributed by atoms with Gasteiger partial charge in [-0.2, -0.15) is 0 Å². The Morgan fingerprint density at radius 1 is 1.42 bits per heavy atom. The number of carbonyl (C=O) groups is 1. The molecule has 4 nitrogen and oxygen atoms in total. The van der Waals surface area contributed by atoms with Crippen LogP contribution in [0.4, 0.5) is 0 Å². The zero-order chi connectivity index (χ0) is 8.97. The van der Waals surface area contributed by atoms with Gasteiger partial charge in [-0.25, -0.2) is 9.97 Å². The number of carbonyl (C=O) groups excluding carboxylic acids is 1. The van der Waals surface area contributed by atoms with Crippen molar-refractivity contribution < 1.29 is 9.53 Å². The number of aromatic nitrogens is 2. The molecule has 1 aromatic heterocycles. The normalized spacial score (nSPS) is 9.92. The third-order valence-corrected chi connectivity index (χ3v) is 1.13. The predicted octanol–water partition coefficient (Wildman–Crippen LogP) is 1.08. The number of hydrogen-bond acceptors (Lipinski definition) is 4. The van der Waals surface area contributed by atoms with E-state index in [-0.39, 0.29) is 6.10 Å². The van der Waals surface area contributed by atoms with E-state index in [0.717, 1.165) is 0 Å². The molecule has 1 heterocycles. The summed E-state index contributed by atoms with van der Waals surface area (Å²) in [6.07, 6.45) is 3.53. The smallest absolute Gasteiger partial charge is 0.232 e. The summed E-state index contributed by atoms with van der Waals surface area (Å²) in [6.45, 7) is 3.80. The maximum absolute atomic E-state index is 10.2. The van der Waals surface area contributed by atoms with Crippen LogP contribution >= 0.6 is 0 Å². The van der Waals surface area contributed by atoms with Gasteiger partial charge >= 0.3 is 0 Å². The Morgan fingerprint density at radius 2 is 2.17 bits per heavy atom. The van der Waals surface area contributed by atoms with E-state index in [2.05, 4.69) is 9.97 Å². The van der Waals surface area contributed by atoms with Crippen molar-refractivity contribution in [1.82, 2.24) is 9.97 Å². The lowest BCUT2D eigenvalue weighted by Crippen LogP contribution is -2.07. The Hall–Kier alpha value is -1.45. The van der Waals surface area contributed by atoms with Crippen LogP contribution in [0.2, 0.25) is 0 Å². The van der Waals surface area contributed by atoms with Gasteiger partial charge in [-0.15, -0.1) is 0 Å². The first kappa shape index (κ1) is 8.64. The summed E-state index contributed by atoms with van der Waals surface area (Å²) in [5.41, 5.74) is 0.311. The molecule has 4 heteroatoms. The van der Waals surface area contributed by atoms with Crippen LogP contribution in [0.1, 0.15) is 24.3 Å². The van der Waals surface area contributed by atoms with Crippen LogP contribution in [0, 0.1) is 0 Å². The highest BCUT2D eigenvalue weighted by Gasteiger charge is 1.98.